The fourth-order valence-corrected chi connectivity index (χ4v) is 3.41. The van der Waals surface area contributed by atoms with Gasteiger partial charge in [0.25, 0.3) is 5.91 Å². The van der Waals surface area contributed by atoms with Gasteiger partial charge in [0, 0.05) is 12.1 Å². The molecule has 1 aliphatic heterocycles. The quantitative estimate of drug-likeness (QED) is 0.579. The van der Waals surface area contributed by atoms with Crippen molar-refractivity contribution in [2.45, 2.75) is 38.6 Å². The molecule has 2 aliphatic rings. The van der Waals surface area contributed by atoms with Crippen molar-refractivity contribution in [1.82, 2.24) is 10.6 Å². The van der Waals surface area contributed by atoms with Crippen LogP contribution >= 0.6 is 0 Å². The highest BCUT2D eigenvalue weighted by Gasteiger charge is 2.23. The summed E-state index contributed by atoms with van der Waals surface area (Å²) >= 11 is 0. The van der Waals surface area contributed by atoms with Crippen LogP contribution in [0.3, 0.4) is 0 Å². The van der Waals surface area contributed by atoms with Crippen LogP contribution < -0.4 is 20.1 Å². The third-order valence-electron chi connectivity index (χ3n) is 5.00. The molecule has 0 bridgehead atoms. The molecule has 1 fully saturated rings. The Morgan fingerprint density at radius 2 is 1.90 bits per heavy atom. The summed E-state index contributed by atoms with van der Waals surface area (Å²) in [6, 6.07) is 4.80. The molecule has 29 heavy (non-hydrogen) atoms. The van der Waals surface area contributed by atoms with Crippen molar-refractivity contribution in [3.05, 3.63) is 29.8 Å². The van der Waals surface area contributed by atoms with Gasteiger partial charge >= 0.3 is 12.0 Å². The monoisotopic (exact) mass is 402 g/mol. The van der Waals surface area contributed by atoms with Gasteiger partial charge in [0.15, 0.2) is 18.1 Å². The summed E-state index contributed by atoms with van der Waals surface area (Å²) in [6.07, 6.45) is 6.96. The maximum absolute atomic E-state index is 11.9. The van der Waals surface area contributed by atoms with E-state index in [9.17, 15) is 14.4 Å². The average molecular weight is 402 g/mol. The van der Waals surface area contributed by atoms with Crippen molar-refractivity contribution >= 4 is 24.0 Å². The summed E-state index contributed by atoms with van der Waals surface area (Å²) in [7, 11) is 0. The summed E-state index contributed by atoms with van der Waals surface area (Å²) in [5.41, 5.74) is 0.733. The fourth-order valence-electron chi connectivity index (χ4n) is 3.41. The first-order valence-electron chi connectivity index (χ1n) is 9.86. The Morgan fingerprint density at radius 3 is 2.69 bits per heavy atom. The third kappa shape index (κ3) is 6.23. The van der Waals surface area contributed by atoms with E-state index in [4.69, 9.17) is 14.2 Å². The van der Waals surface area contributed by atoms with Crippen LogP contribution in [0.2, 0.25) is 0 Å². The van der Waals surface area contributed by atoms with E-state index in [0.717, 1.165) is 31.2 Å². The molecule has 3 rings (SSSR count). The van der Waals surface area contributed by atoms with Gasteiger partial charge in [-0.2, -0.15) is 0 Å². The minimum atomic E-state index is -0.684. The third-order valence-corrected chi connectivity index (χ3v) is 5.00. The van der Waals surface area contributed by atoms with Gasteiger partial charge in [0.2, 0.25) is 0 Å². The molecular formula is C21H26N2O6. The molecule has 1 aliphatic carbocycles. The van der Waals surface area contributed by atoms with Crippen molar-refractivity contribution in [2.75, 3.05) is 19.8 Å². The summed E-state index contributed by atoms with van der Waals surface area (Å²) in [6.45, 7) is 2.54. The van der Waals surface area contributed by atoms with E-state index in [1.807, 2.05) is 0 Å². The molecule has 1 saturated carbocycles. The Kier molecular flexibility index (Phi) is 7.10. The topological polar surface area (TPSA) is 103 Å². The second kappa shape index (κ2) is 9.95. The molecule has 1 heterocycles. The highest BCUT2D eigenvalue weighted by Crippen LogP contribution is 2.31. The Morgan fingerprint density at radius 1 is 1.14 bits per heavy atom. The lowest BCUT2D eigenvalue weighted by Crippen LogP contribution is -2.48. The molecule has 3 amide bonds. The van der Waals surface area contributed by atoms with Crippen LogP contribution in [-0.2, 0) is 14.3 Å². The number of esters is 1. The smallest absolute Gasteiger partial charge is 0.331 e. The first-order valence-corrected chi connectivity index (χ1v) is 9.86. The molecule has 2 atom stereocenters. The van der Waals surface area contributed by atoms with Gasteiger partial charge in [-0.1, -0.05) is 25.8 Å². The zero-order chi connectivity index (χ0) is 20.6. The van der Waals surface area contributed by atoms with Gasteiger partial charge < -0.3 is 19.5 Å². The van der Waals surface area contributed by atoms with Gasteiger partial charge in [-0.25, -0.2) is 9.59 Å². The maximum atomic E-state index is 11.9. The van der Waals surface area contributed by atoms with E-state index in [2.05, 4.69) is 17.6 Å². The zero-order valence-corrected chi connectivity index (χ0v) is 16.4. The predicted octanol–water partition coefficient (Wildman–Crippen LogP) is 2.42. The standard InChI is InChI=1S/C21H26N2O6/c1-14-4-2-3-5-16(14)22-21(26)23-19(24)13-29-20(25)9-7-15-6-8-17-18(12-15)28-11-10-27-17/h6-9,12,14,16H,2-5,10-11,13H2,1H3,(H2,22,23,24,26)/b9-7+/t14-,16-/m0/s1. The Bertz CT molecular complexity index is 791. The number of hydrogen-bond donors (Lipinski definition) is 2. The van der Waals surface area contributed by atoms with E-state index >= 15 is 0 Å². The first kappa shape index (κ1) is 20.7. The number of amides is 3. The Labute approximate surface area is 169 Å². The first-order chi connectivity index (χ1) is 14.0. The van der Waals surface area contributed by atoms with Gasteiger partial charge in [0.05, 0.1) is 0 Å². The molecule has 2 N–H and O–H groups in total. The number of carbonyl (C=O) groups is 3. The molecule has 1 aromatic carbocycles. The largest absolute Gasteiger partial charge is 0.486 e. The minimum absolute atomic E-state index is 0.0630. The van der Waals surface area contributed by atoms with E-state index in [0.29, 0.717) is 30.6 Å². The van der Waals surface area contributed by atoms with Crippen molar-refractivity contribution in [2.24, 2.45) is 5.92 Å². The number of carbonyl (C=O) groups excluding carboxylic acids is 3. The molecule has 0 unspecified atom stereocenters. The molecule has 1 aromatic rings. The SMILES string of the molecule is C[C@H]1CCCC[C@@H]1NC(=O)NC(=O)COC(=O)/C=C/c1ccc2c(c1)OCCO2. The van der Waals surface area contributed by atoms with Gasteiger partial charge in [-0.15, -0.1) is 0 Å². The highest BCUT2D eigenvalue weighted by atomic mass is 16.6. The normalized spacial score (nSPS) is 20.7. The van der Waals surface area contributed by atoms with E-state index in [1.54, 1.807) is 24.3 Å². The summed E-state index contributed by atoms with van der Waals surface area (Å²) in [5, 5.41) is 5.00. The van der Waals surface area contributed by atoms with Crippen LogP contribution in [0.1, 0.15) is 38.2 Å². The number of nitrogens with one attached hydrogen (secondary N) is 2. The van der Waals surface area contributed by atoms with Crippen LogP contribution in [0.25, 0.3) is 6.08 Å². The van der Waals surface area contributed by atoms with Crippen LogP contribution in [0.15, 0.2) is 24.3 Å². The van der Waals surface area contributed by atoms with Gasteiger partial charge in [0.1, 0.15) is 13.2 Å². The van der Waals surface area contributed by atoms with Crippen molar-refractivity contribution in [3.63, 3.8) is 0 Å². The van der Waals surface area contributed by atoms with E-state index in [1.165, 1.54) is 6.08 Å². The predicted molar refractivity (Wildman–Crippen MR) is 106 cm³/mol. The van der Waals surface area contributed by atoms with Crippen LogP contribution in [0, 0.1) is 5.92 Å². The summed E-state index contributed by atoms with van der Waals surface area (Å²) in [4.78, 5) is 35.5. The molecule has 0 saturated heterocycles. The Hall–Kier alpha value is -3.03. The second-order valence-electron chi connectivity index (χ2n) is 7.23. The molecule has 8 heteroatoms. The van der Waals surface area contributed by atoms with Gasteiger partial charge in [-0.3, -0.25) is 10.1 Å². The van der Waals surface area contributed by atoms with E-state index < -0.39 is 24.5 Å². The highest BCUT2D eigenvalue weighted by molar-refractivity contribution is 5.96. The summed E-state index contributed by atoms with van der Waals surface area (Å²) in [5.74, 6) is 0.300. The number of imide groups is 1. The lowest BCUT2D eigenvalue weighted by Gasteiger charge is -2.29. The molecule has 0 radical (unpaired) electrons. The number of hydrogen-bond acceptors (Lipinski definition) is 6. The molecule has 8 nitrogen and oxygen atoms in total. The Balaban J connectivity index is 1.40. The molecule has 156 valence electrons. The second-order valence-corrected chi connectivity index (χ2v) is 7.23. The average Bonchev–Trinajstić information content (AvgIpc) is 2.72. The fraction of sp³-hybridized carbons (Fsp3) is 0.476. The number of fused-ring (bicyclic) bond motifs is 1. The molecule has 0 aromatic heterocycles. The van der Waals surface area contributed by atoms with Crippen LogP contribution in [-0.4, -0.2) is 43.8 Å². The van der Waals surface area contributed by atoms with E-state index in [-0.39, 0.29) is 6.04 Å². The van der Waals surface area contributed by atoms with Crippen molar-refractivity contribution in [1.29, 1.82) is 0 Å². The maximum Gasteiger partial charge on any atom is 0.331 e. The van der Waals surface area contributed by atoms with Crippen LogP contribution in [0.5, 0.6) is 11.5 Å². The number of ether oxygens (including phenoxy) is 3. The lowest BCUT2D eigenvalue weighted by molar-refractivity contribution is -0.143. The van der Waals surface area contributed by atoms with Crippen molar-refractivity contribution < 1.29 is 28.6 Å². The number of rotatable bonds is 5. The van der Waals surface area contributed by atoms with Crippen molar-refractivity contribution in [3.8, 4) is 11.5 Å². The zero-order valence-electron chi connectivity index (χ0n) is 16.4. The molecule has 0 spiro atoms. The van der Waals surface area contributed by atoms with Gasteiger partial charge in [-0.05, 0) is 42.5 Å². The minimum Gasteiger partial charge on any atom is -0.486 e. The number of urea groups is 1. The lowest BCUT2D eigenvalue weighted by atomic mass is 9.86. The summed E-state index contributed by atoms with van der Waals surface area (Å²) < 4.78 is 15.8. The molecular weight excluding hydrogens is 376 g/mol. The number of benzene rings is 1. The van der Waals surface area contributed by atoms with Crippen LogP contribution in [0.4, 0.5) is 4.79 Å².